The molecule has 2 heterocycles. The molecular formula is C18H19F2NO3. The first-order valence-corrected chi connectivity index (χ1v) is 8.05. The van der Waals surface area contributed by atoms with E-state index in [9.17, 15) is 13.9 Å². The molecule has 0 radical (unpaired) electrons. The first kappa shape index (κ1) is 15.9. The standard InChI is InChI=1S/C18H19F2NO3/c19-14-5-1-12(2-6-14)16-21-17(13-3-7-15(20)8-4-13)24-11-18(21,9-22)10-23-16/h1-3,5-8,13,16-17,22H,4,9-11H2/t13-,16+,17?,18+/m1/s1. The molecule has 2 fully saturated rings. The monoisotopic (exact) mass is 335 g/mol. The molecule has 4 rings (SSSR count). The molecule has 6 heteroatoms. The summed E-state index contributed by atoms with van der Waals surface area (Å²) in [6.07, 6.45) is 4.57. The number of nitrogens with zero attached hydrogens (tertiary/aromatic N) is 1. The quantitative estimate of drug-likeness (QED) is 0.922. The Morgan fingerprint density at radius 1 is 1.17 bits per heavy atom. The van der Waals surface area contributed by atoms with Crippen molar-refractivity contribution >= 4 is 0 Å². The van der Waals surface area contributed by atoms with Gasteiger partial charge in [-0.15, -0.1) is 0 Å². The molecule has 1 aromatic rings. The normalized spacial score (nSPS) is 36.0. The molecule has 2 saturated heterocycles. The van der Waals surface area contributed by atoms with Crippen LogP contribution in [0.25, 0.3) is 0 Å². The van der Waals surface area contributed by atoms with Crippen LogP contribution in [0, 0.1) is 11.7 Å². The topological polar surface area (TPSA) is 41.9 Å². The lowest BCUT2D eigenvalue weighted by Crippen LogP contribution is -2.51. The second-order valence-corrected chi connectivity index (χ2v) is 6.55. The zero-order chi connectivity index (χ0) is 16.7. The molecule has 0 bridgehead atoms. The van der Waals surface area contributed by atoms with Gasteiger partial charge in [0.05, 0.1) is 25.4 Å². The van der Waals surface area contributed by atoms with Crippen LogP contribution in [0.15, 0.2) is 48.3 Å². The maximum Gasteiger partial charge on any atom is 0.139 e. The lowest BCUT2D eigenvalue weighted by atomic mass is 9.95. The smallest absolute Gasteiger partial charge is 0.139 e. The Morgan fingerprint density at radius 3 is 2.58 bits per heavy atom. The SMILES string of the molecule is OC[C@]12COC([C@@H]3C=CC(F)=CC3)N1[C@H](c1ccc(F)cc1)OC2. The summed E-state index contributed by atoms with van der Waals surface area (Å²) in [5.41, 5.74) is 0.195. The van der Waals surface area contributed by atoms with E-state index in [0.717, 1.165) is 5.56 Å². The molecule has 0 saturated carbocycles. The van der Waals surface area contributed by atoms with Gasteiger partial charge >= 0.3 is 0 Å². The van der Waals surface area contributed by atoms with Crippen molar-refractivity contribution in [3.8, 4) is 0 Å². The van der Waals surface area contributed by atoms with Crippen LogP contribution in [0.3, 0.4) is 0 Å². The van der Waals surface area contributed by atoms with Crippen molar-refractivity contribution < 1.29 is 23.4 Å². The zero-order valence-electron chi connectivity index (χ0n) is 13.1. The fourth-order valence-corrected chi connectivity index (χ4v) is 3.69. The van der Waals surface area contributed by atoms with Crippen LogP contribution in [-0.2, 0) is 9.47 Å². The molecule has 1 unspecified atom stereocenters. The molecule has 0 amide bonds. The van der Waals surface area contributed by atoms with Gasteiger partial charge < -0.3 is 14.6 Å². The van der Waals surface area contributed by atoms with E-state index >= 15 is 0 Å². The number of aliphatic hydroxyl groups excluding tert-OH is 1. The average Bonchev–Trinajstić information content (AvgIpc) is 3.14. The third kappa shape index (κ3) is 2.50. The Kier molecular flexibility index (Phi) is 4.00. The van der Waals surface area contributed by atoms with E-state index in [1.54, 1.807) is 18.2 Å². The third-order valence-electron chi connectivity index (χ3n) is 5.01. The predicted octanol–water partition coefficient (Wildman–Crippen LogP) is 2.67. The van der Waals surface area contributed by atoms with E-state index < -0.39 is 11.8 Å². The number of allylic oxidation sites excluding steroid dienone is 3. The van der Waals surface area contributed by atoms with Crippen molar-refractivity contribution in [3.05, 3.63) is 59.7 Å². The molecule has 1 N–H and O–H groups in total. The summed E-state index contributed by atoms with van der Waals surface area (Å²) in [7, 11) is 0. The highest BCUT2D eigenvalue weighted by Gasteiger charge is 2.57. The van der Waals surface area contributed by atoms with Crippen molar-refractivity contribution in [3.63, 3.8) is 0 Å². The van der Waals surface area contributed by atoms with Gasteiger partial charge in [0.1, 0.15) is 24.1 Å². The predicted molar refractivity (Wildman–Crippen MR) is 82.9 cm³/mol. The molecule has 1 aromatic carbocycles. The van der Waals surface area contributed by atoms with Crippen LogP contribution >= 0.6 is 0 Å². The number of ether oxygens (including phenoxy) is 2. The van der Waals surface area contributed by atoms with Crippen molar-refractivity contribution in [1.82, 2.24) is 4.90 Å². The molecule has 2 aliphatic heterocycles. The lowest BCUT2D eigenvalue weighted by Gasteiger charge is -2.35. The Balaban J connectivity index is 1.65. The van der Waals surface area contributed by atoms with Crippen LogP contribution < -0.4 is 0 Å². The summed E-state index contributed by atoms with van der Waals surface area (Å²) >= 11 is 0. The summed E-state index contributed by atoms with van der Waals surface area (Å²) in [4.78, 5) is 2.02. The van der Waals surface area contributed by atoms with Gasteiger partial charge in [0.25, 0.3) is 0 Å². The Labute approximate surface area is 139 Å². The second kappa shape index (κ2) is 6.04. The minimum Gasteiger partial charge on any atom is -0.394 e. The van der Waals surface area contributed by atoms with Gasteiger partial charge in [-0.2, -0.15) is 0 Å². The number of rotatable bonds is 3. The Hall–Kier alpha value is -1.60. The average molecular weight is 335 g/mol. The number of hydrogen-bond acceptors (Lipinski definition) is 4. The van der Waals surface area contributed by atoms with Crippen LogP contribution in [0.4, 0.5) is 8.78 Å². The number of halogens is 2. The molecule has 4 atom stereocenters. The maximum atomic E-state index is 13.3. The van der Waals surface area contributed by atoms with Crippen LogP contribution in [0.5, 0.6) is 0 Å². The number of aliphatic hydroxyl groups is 1. The van der Waals surface area contributed by atoms with Gasteiger partial charge in [-0.3, -0.25) is 0 Å². The Bertz CT molecular complexity index is 675. The molecule has 3 aliphatic rings. The highest BCUT2D eigenvalue weighted by Crippen LogP contribution is 2.46. The number of benzene rings is 1. The van der Waals surface area contributed by atoms with E-state index in [1.165, 1.54) is 24.3 Å². The summed E-state index contributed by atoms with van der Waals surface area (Å²) in [6, 6.07) is 6.14. The van der Waals surface area contributed by atoms with Crippen LogP contribution in [-0.4, -0.2) is 41.6 Å². The molecule has 0 spiro atoms. The first-order chi connectivity index (χ1) is 11.6. The lowest BCUT2D eigenvalue weighted by molar-refractivity contribution is -0.0786. The molecule has 128 valence electrons. The van der Waals surface area contributed by atoms with Gasteiger partial charge in [0.15, 0.2) is 0 Å². The first-order valence-electron chi connectivity index (χ1n) is 8.05. The van der Waals surface area contributed by atoms with Crippen molar-refractivity contribution in [2.24, 2.45) is 5.92 Å². The third-order valence-corrected chi connectivity index (χ3v) is 5.01. The van der Waals surface area contributed by atoms with Gasteiger partial charge in [-0.25, -0.2) is 13.7 Å². The molecule has 4 nitrogen and oxygen atoms in total. The van der Waals surface area contributed by atoms with E-state index in [-0.39, 0.29) is 30.4 Å². The van der Waals surface area contributed by atoms with Crippen molar-refractivity contribution in [1.29, 1.82) is 0 Å². The largest absolute Gasteiger partial charge is 0.394 e. The zero-order valence-corrected chi connectivity index (χ0v) is 13.1. The minimum atomic E-state index is -0.614. The fraction of sp³-hybridized carbons (Fsp3) is 0.444. The molecule has 24 heavy (non-hydrogen) atoms. The van der Waals surface area contributed by atoms with Gasteiger partial charge in [-0.05, 0) is 36.3 Å². The van der Waals surface area contributed by atoms with Crippen molar-refractivity contribution in [2.45, 2.75) is 24.4 Å². The highest BCUT2D eigenvalue weighted by atomic mass is 19.1. The van der Waals surface area contributed by atoms with Gasteiger partial charge in [0, 0.05) is 5.92 Å². The van der Waals surface area contributed by atoms with E-state index in [2.05, 4.69) is 0 Å². The van der Waals surface area contributed by atoms with Gasteiger partial charge in [0.2, 0.25) is 0 Å². The highest BCUT2D eigenvalue weighted by molar-refractivity contribution is 5.23. The maximum absolute atomic E-state index is 13.3. The number of hydrogen-bond donors (Lipinski definition) is 1. The molecule has 1 aliphatic carbocycles. The number of fused-ring (bicyclic) bond motifs is 1. The Morgan fingerprint density at radius 2 is 1.92 bits per heavy atom. The summed E-state index contributed by atoms with van der Waals surface area (Å²) < 4.78 is 38.4. The van der Waals surface area contributed by atoms with Crippen molar-refractivity contribution in [2.75, 3.05) is 19.8 Å². The molecule has 0 aromatic heterocycles. The van der Waals surface area contributed by atoms with Gasteiger partial charge in [-0.1, -0.05) is 18.2 Å². The van der Waals surface area contributed by atoms with E-state index in [4.69, 9.17) is 9.47 Å². The second-order valence-electron chi connectivity index (χ2n) is 6.55. The van der Waals surface area contributed by atoms with Crippen LogP contribution in [0.1, 0.15) is 18.2 Å². The summed E-state index contributed by atoms with van der Waals surface area (Å²) in [5, 5.41) is 9.94. The summed E-state index contributed by atoms with van der Waals surface area (Å²) in [5.74, 6) is -0.580. The molecular weight excluding hydrogens is 316 g/mol. The fourth-order valence-electron chi connectivity index (χ4n) is 3.69. The van der Waals surface area contributed by atoms with Crippen LogP contribution in [0.2, 0.25) is 0 Å². The van der Waals surface area contributed by atoms with E-state index in [1.807, 2.05) is 4.90 Å². The minimum absolute atomic E-state index is 0.0254. The van der Waals surface area contributed by atoms with E-state index in [0.29, 0.717) is 19.6 Å². The summed E-state index contributed by atoms with van der Waals surface area (Å²) in [6.45, 7) is 0.590.